The lowest BCUT2D eigenvalue weighted by atomic mass is 10.1. The van der Waals surface area contributed by atoms with Crippen molar-refractivity contribution in [3.8, 4) is 0 Å². The first kappa shape index (κ1) is 14.6. The highest BCUT2D eigenvalue weighted by atomic mass is 19.1. The molecule has 22 heavy (non-hydrogen) atoms. The smallest absolute Gasteiger partial charge is 0.193 e. The van der Waals surface area contributed by atoms with Gasteiger partial charge in [0.1, 0.15) is 5.82 Å². The maximum atomic E-state index is 13.5. The topological polar surface area (TPSA) is 50.4 Å². The van der Waals surface area contributed by atoms with E-state index in [2.05, 4.69) is 22.4 Å². The summed E-state index contributed by atoms with van der Waals surface area (Å²) in [4.78, 5) is 4.27. The largest absolute Gasteiger partial charge is 0.370 e. The number of fused-ring (bicyclic) bond motifs is 1. The van der Waals surface area contributed by atoms with Crippen LogP contribution in [0.15, 0.2) is 41.4 Å². The Labute approximate surface area is 130 Å². The van der Waals surface area contributed by atoms with Crippen molar-refractivity contribution in [2.45, 2.75) is 32.7 Å². The van der Waals surface area contributed by atoms with E-state index in [-0.39, 0.29) is 5.82 Å². The Morgan fingerprint density at radius 2 is 2.00 bits per heavy atom. The third kappa shape index (κ3) is 3.27. The summed E-state index contributed by atoms with van der Waals surface area (Å²) in [5, 5.41) is 3.10. The second-order valence-electron chi connectivity index (χ2n) is 5.75. The van der Waals surface area contributed by atoms with Crippen molar-refractivity contribution in [3.63, 3.8) is 0 Å². The number of guanidine groups is 1. The highest BCUT2D eigenvalue weighted by molar-refractivity contribution is 5.92. The summed E-state index contributed by atoms with van der Waals surface area (Å²) in [6.45, 7) is 2.10. The Balaban J connectivity index is 1.66. The van der Waals surface area contributed by atoms with Gasteiger partial charge in [0.25, 0.3) is 0 Å². The molecule has 0 fully saturated rings. The van der Waals surface area contributed by atoms with Gasteiger partial charge in [-0.1, -0.05) is 18.2 Å². The number of nitrogens with zero attached hydrogens (tertiary/aromatic N) is 1. The minimum atomic E-state index is -0.210. The van der Waals surface area contributed by atoms with Crippen LogP contribution in [0.5, 0.6) is 0 Å². The van der Waals surface area contributed by atoms with Crippen molar-refractivity contribution >= 4 is 11.6 Å². The summed E-state index contributed by atoms with van der Waals surface area (Å²) < 4.78 is 13.5. The van der Waals surface area contributed by atoms with Crippen LogP contribution >= 0.6 is 0 Å². The fraction of sp³-hybridized carbons (Fsp3) is 0.278. The van der Waals surface area contributed by atoms with E-state index in [9.17, 15) is 4.39 Å². The summed E-state index contributed by atoms with van der Waals surface area (Å²) in [6, 6.07) is 11.4. The average Bonchev–Trinajstić information content (AvgIpc) is 2.96. The van der Waals surface area contributed by atoms with Gasteiger partial charge >= 0.3 is 0 Å². The number of hydrogen-bond donors (Lipinski definition) is 2. The van der Waals surface area contributed by atoms with Gasteiger partial charge in [-0.3, -0.25) is 0 Å². The van der Waals surface area contributed by atoms with Crippen LogP contribution in [0.2, 0.25) is 0 Å². The van der Waals surface area contributed by atoms with Gasteiger partial charge in [-0.05, 0) is 66.6 Å². The summed E-state index contributed by atoms with van der Waals surface area (Å²) >= 11 is 0. The molecule has 0 radical (unpaired) electrons. The molecule has 2 aromatic carbocycles. The first-order valence-electron chi connectivity index (χ1n) is 7.55. The lowest BCUT2D eigenvalue weighted by Crippen LogP contribution is -2.22. The Morgan fingerprint density at radius 1 is 1.18 bits per heavy atom. The van der Waals surface area contributed by atoms with Crippen molar-refractivity contribution < 1.29 is 4.39 Å². The van der Waals surface area contributed by atoms with Crippen LogP contribution in [0.1, 0.15) is 28.7 Å². The molecule has 0 saturated heterocycles. The Hall–Kier alpha value is -2.36. The van der Waals surface area contributed by atoms with E-state index < -0.39 is 0 Å². The summed E-state index contributed by atoms with van der Waals surface area (Å²) in [7, 11) is 0. The molecule has 0 aromatic heterocycles. The minimum absolute atomic E-state index is 0.210. The van der Waals surface area contributed by atoms with Gasteiger partial charge in [0.05, 0.1) is 6.54 Å². The third-order valence-electron chi connectivity index (χ3n) is 4.04. The number of halogens is 1. The second-order valence-corrected chi connectivity index (χ2v) is 5.75. The zero-order valence-electron chi connectivity index (χ0n) is 12.7. The number of aliphatic imine (C=N–C) groups is 1. The van der Waals surface area contributed by atoms with Gasteiger partial charge in [0.2, 0.25) is 0 Å². The van der Waals surface area contributed by atoms with Gasteiger partial charge in [-0.2, -0.15) is 0 Å². The fourth-order valence-corrected chi connectivity index (χ4v) is 2.75. The van der Waals surface area contributed by atoms with Gasteiger partial charge in [-0.15, -0.1) is 0 Å². The number of hydrogen-bond acceptors (Lipinski definition) is 1. The third-order valence-corrected chi connectivity index (χ3v) is 4.04. The molecule has 4 heteroatoms. The molecule has 114 valence electrons. The molecular formula is C18H20FN3. The molecule has 1 aliphatic carbocycles. The monoisotopic (exact) mass is 297 g/mol. The van der Waals surface area contributed by atoms with Crippen LogP contribution in [0.3, 0.4) is 0 Å². The number of nitrogens with one attached hydrogen (secondary N) is 1. The van der Waals surface area contributed by atoms with Gasteiger partial charge in [0, 0.05) is 5.69 Å². The molecule has 3 rings (SSSR count). The molecule has 0 bridgehead atoms. The highest BCUT2D eigenvalue weighted by Gasteiger charge is 2.10. The van der Waals surface area contributed by atoms with Crippen LogP contribution in [-0.4, -0.2) is 5.96 Å². The molecule has 0 atom stereocenters. The van der Waals surface area contributed by atoms with Crippen LogP contribution in [0.4, 0.5) is 10.1 Å². The number of benzene rings is 2. The SMILES string of the molecule is Cc1ccc(CN=C(N)Nc2ccc3c(c2)CCC3)cc1F. The van der Waals surface area contributed by atoms with E-state index in [0.29, 0.717) is 18.1 Å². The van der Waals surface area contributed by atoms with E-state index >= 15 is 0 Å². The zero-order valence-corrected chi connectivity index (χ0v) is 12.7. The van der Waals surface area contributed by atoms with E-state index in [1.807, 2.05) is 12.1 Å². The lowest BCUT2D eigenvalue weighted by Gasteiger charge is -2.08. The number of rotatable bonds is 3. The number of anilines is 1. The fourth-order valence-electron chi connectivity index (χ4n) is 2.75. The lowest BCUT2D eigenvalue weighted by molar-refractivity contribution is 0.616. The molecule has 1 aliphatic rings. The minimum Gasteiger partial charge on any atom is -0.370 e. The van der Waals surface area contributed by atoms with Crippen molar-refractivity contribution in [1.82, 2.24) is 0 Å². The highest BCUT2D eigenvalue weighted by Crippen LogP contribution is 2.24. The van der Waals surface area contributed by atoms with Gasteiger partial charge < -0.3 is 11.1 Å². The van der Waals surface area contributed by atoms with E-state index in [4.69, 9.17) is 5.73 Å². The predicted octanol–water partition coefficient (Wildman–Crippen LogP) is 3.55. The molecule has 3 N–H and O–H groups in total. The van der Waals surface area contributed by atoms with Crippen molar-refractivity contribution in [2.24, 2.45) is 10.7 Å². The van der Waals surface area contributed by atoms with Crippen molar-refractivity contribution in [2.75, 3.05) is 5.32 Å². The Kier molecular flexibility index (Phi) is 4.09. The predicted molar refractivity (Wildman–Crippen MR) is 88.6 cm³/mol. The summed E-state index contributed by atoms with van der Waals surface area (Å²) in [6.07, 6.45) is 3.52. The molecule has 3 nitrogen and oxygen atoms in total. The molecule has 0 unspecified atom stereocenters. The standard InChI is InChI=1S/C18H20FN3/c1-12-5-6-13(9-17(12)19)11-21-18(20)22-16-8-7-14-3-2-4-15(14)10-16/h5-10H,2-4,11H2,1H3,(H3,20,21,22). The zero-order chi connectivity index (χ0) is 15.5. The van der Waals surface area contributed by atoms with Crippen LogP contribution in [0, 0.1) is 12.7 Å². The Morgan fingerprint density at radius 3 is 2.82 bits per heavy atom. The summed E-state index contributed by atoms with van der Waals surface area (Å²) in [5.74, 6) is 0.136. The van der Waals surface area contributed by atoms with Crippen molar-refractivity contribution in [1.29, 1.82) is 0 Å². The first-order valence-corrected chi connectivity index (χ1v) is 7.55. The van der Waals surface area contributed by atoms with Gasteiger partial charge in [0.15, 0.2) is 5.96 Å². The van der Waals surface area contributed by atoms with Crippen LogP contribution in [-0.2, 0) is 19.4 Å². The second kappa shape index (κ2) is 6.18. The molecular weight excluding hydrogens is 277 g/mol. The van der Waals surface area contributed by atoms with Gasteiger partial charge in [-0.25, -0.2) is 9.38 Å². The molecule has 0 aliphatic heterocycles. The molecule has 0 saturated carbocycles. The molecule has 2 aromatic rings. The maximum absolute atomic E-state index is 13.5. The van der Waals surface area contributed by atoms with Crippen LogP contribution in [0.25, 0.3) is 0 Å². The normalized spacial score (nSPS) is 14.0. The van der Waals surface area contributed by atoms with E-state index in [0.717, 1.165) is 24.1 Å². The molecule has 0 amide bonds. The summed E-state index contributed by atoms with van der Waals surface area (Å²) in [5.41, 5.74) is 11.1. The molecule has 0 spiro atoms. The van der Waals surface area contributed by atoms with E-state index in [1.54, 1.807) is 13.0 Å². The van der Waals surface area contributed by atoms with Crippen molar-refractivity contribution in [3.05, 3.63) is 64.5 Å². The number of aryl methyl sites for hydroxylation is 3. The van der Waals surface area contributed by atoms with E-state index in [1.165, 1.54) is 23.6 Å². The average molecular weight is 297 g/mol. The Bertz CT molecular complexity index is 722. The number of nitrogens with two attached hydrogens (primary N) is 1. The molecule has 0 heterocycles. The quantitative estimate of drug-likeness (QED) is 0.672. The maximum Gasteiger partial charge on any atom is 0.193 e. The first-order chi connectivity index (χ1) is 10.6. The van der Waals surface area contributed by atoms with Crippen LogP contribution < -0.4 is 11.1 Å².